The van der Waals surface area contributed by atoms with E-state index >= 15 is 0 Å². The van der Waals surface area contributed by atoms with Crippen LogP contribution in [0.4, 0.5) is 0 Å². The van der Waals surface area contributed by atoms with Gasteiger partial charge in [0.25, 0.3) is 0 Å². The van der Waals surface area contributed by atoms with Crippen LogP contribution in [0.25, 0.3) is 0 Å². The van der Waals surface area contributed by atoms with Crippen LogP contribution in [0, 0.1) is 5.41 Å². The first-order valence-electron chi connectivity index (χ1n) is 9.64. The molecule has 3 atom stereocenters. The Kier molecular flexibility index (Phi) is 3.90. The molecule has 0 amide bonds. The Labute approximate surface area is 155 Å². The maximum Gasteiger partial charge on any atom is 0.0835 e. The second-order valence-electron chi connectivity index (χ2n) is 7.90. The van der Waals surface area contributed by atoms with Gasteiger partial charge in [0.15, 0.2) is 0 Å². The van der Waals surface area contributed by atoms with Crippen LogP contribution in [0.1, 0.15) is 34.8 Å². The van der Waals surface area contributed by atoms with Gasteiger partial charge in [0.05, 0.1) is 12.2 Å². The molecule has 1 fully saturated rings. The summed E-state index contributed by atoms with van der Waals surface area (Å²) in [6, 6.07) is 30.6. The molecule has 1 aliphatic carbocycles. The van der Waals surface area contributed by atoms with Crippen molar-refractivity contribution in [2.75, 3.05) is 0 Å². The van der Waals surface area contributed by atoms with Gasteiger partial charge in [0.1, 0.15) is 0 Å². The van der Waals surface area contributed by atoms with Gasteiger partial charge in [-0.15, -0.1) is 0 Å². The largest absolute Gasteiger partial charge is 0.369 e. The average molecular weight is 340 g/mol. The van der Waals surface area contributed by atoms with Crippen molar-refractivity contribution in [3.63, 3.8) is 0 Å². The first-order valence-corrected chi connectivity index (χ1v) is 9.64. The van der Waals surface area contributed by atoms with E-state index in [1.54, 1.807) is 0 Å². The van der Waals surface area contributed by atoms with Crippen LogP contribution in [0.2, 0.25) is 0 Å². The van der Waals surface area contributed by atoms with Gasteiger partial charge in [-0.1, -0.05) is 84.9 Å². The standard InChI is InChI=1S/C25H24O/c1-3-9-19(10-4-1)16-25-17-22-14-8-7-13-21(22)15-24(25)26-23(18-25)20-11-5-2-6-12-20/h1-14,23-24H,15-18H2/t23-,24-,25-/m1/s1. The normalized spacial score (nSPS) is 26.9. The predicted octanol–water partition coefficient (Wildman–Crippen LogP) is 5.54. The highest BCUT2D eigenvalue weighted by molar-refractivity contribution is 5.35. The Morgan fingerprint density at radius 1 is 0.769 bits per heavy atom. The van der Waals surface area contributed by atoms with Crippen LogP contribution in [0.3, 0.4) is 0 Å². The Hall–Kier alpha value is -2.38. The summed E-state index contributed by atoms with van der Waals surface area (Å²) in [5.74, 6) is 0. The molecule has 1 heterocycles. The quantitative estimate of drug-likeness (QED) is 0.608. The molecule has 1 heteroatoms. The number of fused-ring (bicyclic) bond motifs is 2. The molecule has 3 aromatic rings. The Morgan fingerprint density at radius 3 is 2.19 bits per heavy atom. The Balaban J connectivity index is 1.53. The van der Waals surface area contributed by atoms with Crippen molar-refractivity contribution in [2.24, 2.45) is 5.41 Å². The summed E-state index contributed by atoms with van der Waals surface area (Å²) >= 11 is 0. The maximum absolute atomic E-state index is 6.68. The minimum Gasteiger partial charge on any atom is -0.369 e. The van der Waals surface area contributed by atoms with E-state index in [1.807, 2.05) is 0 Å². The molecule has 3 aromatic carbocycles. The van der Waals surface area contributed by atoms with Crippen molar-refractivity contribution >= 4 is 0 Å². The molecule has 1 saturated heterocycles. The molecule has 0 aromatic heterocycles. The molecular formula is C25H24O. The zero-order valence-electron chi connectivity index (χ0n) is 15.0. The smallest absolute Gasteiger partial charge is 0.0835 e. The SMILES string of the molecule is c1ccc(C[C@]23Cc4ccccc4C[C@H]2O[C@@H](c2ccccc2)C3)cc1. The molecule has 2 aliphatic rings. The minimum absolute atomic E-state index is 0.191. The highest BCUT2D eigenvalue weighted by Gasteiger charge is 2.50. The van der Waals surface area contributed by atoms with Crippen LogP contribution in [0.15, 0.2) is 84.9 Å². The lowest BCUT2D eigenvalue weighted by molar-refractivity contribution is 0.00587. The fourth-order valence-electron chi connectivity index (χ4n) is 4.97. The number of hydrogen-bond acceptors (Lipinski definition) is 1. The van der Waals surface area contributed by atoms with Gasteiger partial charge >= 0.3 is 0 Å². The summed E-state index contributed by atoms with van der Waals surface area (Å²) in [4.78, 5) is 0. The third-order valence-corrected chi connectivity index (χ3v) is 6.24. The van der Waals surface area contributed by atoms with E-state index < -0.39 is 0 Å². The van der Waals surface area contributed by atoms with Gasteiger partial charge in [-0.2, -0.15) is 0 Å². The molecule has 130 valence electrons. The van der Waals surface area contributed by atoms with E-state index in [4.69, 9.17) is 4.74 Å². The topological polar surface area (TPSA) is 9.23 Å². The lowest BCUT2D eigenvalue weighted by Gasteiger charge is -2.39. The molecule has 0 unspecified atom stereocenters. The van der Waals surface area contributed by atoms with Crippen LogP contribution >= 0.6 is 0 Å². The fourth-order valence-corrected chi connectivity index (χ4v) is 4.97. The van der Waals surface area contributed by atoms with Crippen LogP contribution < -0.4 is 0 Å². The first kappa shape index (κ1) is 15.8. The summed E-state index contributed by atoms with van der Waals surface area (Å²) in [5.41, 5.74) is 5.91. The van der Waals surface area contributed by atoms with E-state index in [-0.39, 0.29) is 11.5 Å². The van der Waals surface area contributed by atoms with Crippen molar-refractivity contribution in [2.45, 2.75) is 37.9 Å². The molecular weight excluding hydrogens is 316 g/mol. The van der Waals surface area contributed by atoms with E-state index in [2.05, 4.69) is 84.9 Å². The lowest BCUT2D eigenvalue weighted by atomic mass is 9.65. The number of hydrogen-bond donors (Lipinski definition) is 0. The zero-order valence-corrected chi connectivity index (χ0v) is 15.0. The van der Waals surface area contributed by atoms with Crippen molar-refractivity contribution < 1.29 is 4.74 Å². The maximum atomic E-state index is 6.68. The Morgan fingerprint density at radius 2 is 1.42 bits per heavy atom. The molecule has 5 rings (SSSR count). The molecule has 0 bridgehead atoms. The zero-order chi connectivity index (χ0) is 17.4. The lowest BCUT2D eigenvalue weighted by Crippen LogP contribution is -2.40. The molecule has 0 radical (unpaired) electrons. The van der Waals surface area contributed by atoms with Gasteiger partial charge in [-0.3, -0.25) is 0 Å². The number of ether oxygens (including phenoxy) is 1. The van der Waals surface area contributed by atoms with Gasteiger partial charge in [0.2, 0.25) is 0 Å². The van der Waals surface area contributed by atoms with E-state index in [9.17, 15) is 0 Å². The van der Waals surface area contributed by atoms with Gasteiger partial charge in [0, 0.05) is 5.41 Å². The van der Waals surface area contributed by atoms with E-state index in [1.165, 1.54) is 22.3 Å². The molecule has 1 aliphatic heterocycles. The molecule has 0 spiro atoms. The van der Waals surface area contributed by atoms with Gasteiger partial charge in [-0.25, -0.2) is 0 Å². The molecule has 0 saturated carbocycles. The minimum atomic E-state index is 0.191. The van der Waals surface area contributed by atoms with Gasteiger partial charge in [-0.05, 0) is 47.9 Å². The third kappa shape index (κ3) is 2.77. The summed E-state index contributed by atoms with van der Waals surface area (Å²) in [5, 5.41) is 0. The molecule has 1 nitrogen and oxygen atoms in total. The van der Waals surface area contributed by atoms with Crippen molar-refractivity contribution in [3.05, 3.63) is 107 Å². The highest BCUT2D eigenvalue weighted by atomic mass is 16.5. The summed E-state index contributed by atoms with van der Waals surface area (Å²) in [6.45, 7) is 0. The summed E-state index contributed by atoms with van der Waals surface area (Å²) < 4.78 is 6.68. The van der Waals surface area contributed by atoms with Crippen LogP contribution in [-0.4, -0.2) is 6.10 Å². The second kappa shape index (κ2) is 6.41. The van der Waals surface area contributed by atoms with E-state index in [0.717, 1.165) is 25.7 Å². The van der Waals surface area contributed by atoms with Crippen molar-refractivity contribution in [1.29, 1.82) is 0 Å². The van der Waals surface area contributed by atoms with Crippen LogP contribution in [0.5, 0.6) is 0 Å². The Bertz CT molecular complexity index is 886. The number of rotatable bonds is 3. The predicted molar refractivity (Wildman–Crippen MR) is 105 cm³/mol. The average Bonchev–Trinajstić information content (AvgIpc) is 3.05. The highest BCUT2D eigenvalue weighted by Crippen LogP contribution is 2.53. The third-order valence-electron chi connectivity index (χ3n) is 6.24. The van der Waals surface area contributed by atoms with Gasteiger partial charge < -0.3 is 4.74 Å². The molecule has 0 N–H and O–H groups in total. The first-order chi connectivity index (χ1) is 12.8. The number of benzene rings is 3. The van der Waals surface area contributed by atoms with Crippen molar-refractivity contribution in [1.82, 2.24) is 0 Å². The molecule has 26 heavy (non-hydrogen) atoms. The van der Waals surface area contributed by atoms with Crippen molar-refractivity contribution in [3.8, 4) is 0 Å². The van der Waals surface area contributed by atoms with E-state index in [0.29, 0.717) is 6.10 Å². The summed E-state index contributed by atoms with van der Waals surface area (Å²) in [7, 11) is 0. The summed E-state index contributed by atoms with van der Waals surface area (Å²) in [6.07, 6.45) is 4.85. The monoisotopic (exact) mass is 340 g/mol. The fraction of sp³-hybridized carbons (Fsp3) is 0.280. The second-order valence-corrected chi connectivity index (χ2v) is 7.90. The van der Waals surface area contributed by atoms with Crippen LogP contribution in [-0.2, 0) is 24.0 Å².